The van der Waals surface area contributed by atoms with Gasteiger partial charge < -0.3 is 10.0 Å². The van der Waals surface area contributed by atoms with Crippen LogP contribution >= 0.6 is 11.6 Å². The van der Waals surface area contributed by atoms with Crippen molar-refractivity contribution < 1.29 is 14.7 Å². The van der Waals surface area contributed by atoms with E-state index in [1.54, 1.807) is 0 Å². The lowest BCUT2D eigenvalue weighted by molar-refractivity contribution is -0.137. The quantitative estimate of drug-likeness (QED) is 0.830. The monoisotopic (exact) mass is 270 g/mol. The van der Waals surface area contributed by atoms with E-state index >= 15 is 0 Å². The Morgan fingerprint density at radius 3 is 2.56 bits per heavy atom. The van der Waals surface area contributed by atoms with Crippen molar-refractivity contribution in [3.63, 3.8) is 0 Å². The SMILES string of the molecule is CC(C)CN(CC(=O)O)C(=O)c1ccc(Cl)nc1. The molecule has 0 aliphatic carbocycles. The zero-order valence-corrected chi connectivity index (χ0v) is 11.0. The molecule has 0 aliphatic heterocycles. The number of aliphatic carboxylic acids is 1. The number of halogens is 1. The van der Waals surface area contributed by atoms with Crippen LogP contribution in [0, 0.1) is 5.92 Å². The molecule has 18 heavy (non-hydrogen) atoms. The smallest absolute Gasteiger partial charge is 0.323 e. The lowest BCUT2D eigenvalue weighted by Crippen LogP contribution is -2.38. The number of carbonyl (C=O) groups excluding carboxylic acids is 1. The average Bonchev–Trinajstić information content (AvgIpc) is 2.27. The van der Waals surface area contributed by atoms with Crippen molar-refractivity contribution in [2.75, 3.05) is 13.1 Å². The number of hydrogen-bond donors (Lipinski definition) is 1. The molecule has 0 spiro atoms. The van der Waals surface area contributed by atoms with Crippen LogP contribution in [-0.4, -0.2) is 40.0 Å². The van der Waals surface area contributed by atoms with Gasteiger partial charge in [0.1, 0.15) is 11.7 Å². The summed E-state index contributed by atoms with van der Waals surface area (Å²) in [7, 11) is 0. The van der Waals surface area contributed by atoms with Crippen molar-refractivity contribution in [1.82, 2.24) is 9.88 Å². The highest BCUT2D eigenvalue weighted by atomic mass is 35.5. The Kier molecular flexibility index (Phi) is 5.09. The van der Waals surface area contributed by atoms with Gasteiger partial charge in [-0.05, 0) is 18.1 Å². The number of hydrogen-bond acceptors (Lipinski definition) is 3. The minimum absolute atomic E-state index is 0.188. The largest absolute Gasteiger partial charge is 0.480 e. The molecule has 6 heteroatoms. The normalized spacial score (nSPS) is 10.4. The second-order valence-corrected chi connectivity index (χ2v) is 4.73. The topological polar surface area (TPSA) is 70.5 Å². The Bertz CT molecular complexity index is 431. The van der Waals surface area contributed by atoms with E-state index in [4.69, 9.17) is 16.7 Å². The van der Waals surface area contributed by atoms with Gasteiger partial charge in [0.15, 0.2) is 0 Å². The number of carboxylic acid groups (broad SMARTS) is 1. The average molecular weight is 271 g/mol. The molecule has 1 aromatic heterocycles. The highest BCUT2D eigenvalue weighted by molar-refractivity contribution is 6.29. The van der Waals surface area contributed by atoms with Crippen LogP contribution in [0.15, 0.2) is 18.3 Å². The molecule has 0 saturated heterocycles. The summed E-state index contributed by atoms with van der Waals surface area (Å²) < 4.78 is 0. The summed E-state index contributed by atoms with van der Waals surface area (Å²) in [5, 5.41) is 9.10. The molecule has 0 atom stereocenters. The number of aromatic nitrogens is 1. The molecular formula is C12H15ClN2O3. The number of amides is 1. The van der Waals surface area contributed by atoms with E-state index < -0.39 is 5.97 Å². The minimum Gasteiger partial charge on any atom is -0.480 e. The van der Waals surface area contributed by atoms with Crippen molar-refractivity contribution >= 4 is 23.5 Å². The van der Waals surface area contributed by atoms with Gasteiger partial charge in [0, 0.05) is 12.7 Å². The van der Waals surface area contributed by atoms with Crippen LogP contribution in [-0.2, 0) is 4.79 Å². The molecule has 0 aromatic carbocycles. The van der Waals surface area contributed by atoms with Gasteiger partial charge in [-0.15, -0.1) is 0 Å². The van der Waals surface area contributed by atoms with Crippen LogP contribution < -0.4 is 0 Å². The summed E-state index contributed by atoms with van der Waals surface area (Å²) in [4.78, 5) is 28.0. The highest BCUT2D eigenvalue weighted by Crippen LogP contribution is 2.09. The van der Waals surface area contributed by atoms with Gasteiger partial charge in [0.05, 0.1) is 5.56 Å². The molecule has 1 N–H and O–H groups in total. The predicted octanol–water partition coefficient (Wildman–Crippen LogP) is 1.92. The van der Waals surface area contributed by atoms with Crippen molar-refractivity contribution in [2.24, 2.45) is 5.92 Å². The summed E-state index contributed by atoms with van der Waals surface area (Å²) in [6, 6.07) is 3.04. The maximum atomic E-state index is 12.1. The summed E-state index contributed by atoms with van der Waals surface area (Å²) in [5.74, 6) is -1.20. The molecule has 0 saturated carbocycles. The maximum absolute atomic E-state index is 12.1. The third-order valence-corrected chi connectivity index (χ3v) is 2.40. The second-order valence-electron chi connectivity index (χ2n) is 4.34. The first-order valence-corrected chi connectivity index (χ1v) is 5.90. The summed E-state index contributed by atoms with van der Waals surface area (Å²) in [6.07, 6.45) is 1.35. The lowest BCUT2D eigenvalue weighted by atomic mass is 10.2. The Labute approximate surface area is 110 Å². The third kappa shape index (κ3) is 4.33. The molecule has 0 fully saturated rings. The van der Waals surface area contributed by atoms with Gasteiger partial charge in [-0.3, -0.25) is 9.59 Å². The van der Waals surface area contributed by atoms with Crippen LogP contribution in [0.4, 0.5) is 0 Å². The molecule has 5 nitrogen and oxygen atoms in total. The molecule has 0 radical (unpaired) electrons. The van der Waals surface area contributed by atoms with E-state index in [9.17, 15) is 9.59 Å². The molecular weight excluding hydrogens is 256 g/mol. The van der Waals surface area contributed by atoms with Gasteiger partial charge in [0.2, 0.25) is 0 Å². The molecule has 0 aliphatic rings. The third-order valence-electron chi connectivity index (χ3n) is 2.17. The van der Waals surface area contributed by atoms with Crippen molar-refractivity contribution in [3.8, 4) is 0 Å². The lowest BCUT2D eigenvalue weighted by Gasteiger charge is -2.22. The molecule has 0 bridgehead atoms. The van der Waals surface area contributed by atoms with E-state index in [-0.39, 0.29) is 18.4 Å². The van der Waals surface area contributed by atoms with Gasteiger partial charge in [-0.25, -0.2) is 4.98 Å². The molecule has 1 heterocycles. The molecule has 1 amide bonds. The van der Waals surface area contributed by atoms with E-state index in [1.807, 2.05) is 13.8 Å². The van der Waals surface area contributed by atoms with Gasteiger partial charge in [-0.1, -0.05) is 25.4 Å². The summed E-state index contributed by atoms with van der Waals surface area (Å²) in [6.45, 7) is 3.90. The van der Waals surface area contributed by atoms with Crippen molar-refractivity contribution in [2.45, 2.75) is 13.8 Å². The molecule has 98 valence electrons. The Morgan fingerprint density at radius 2 is 2.11 bits per heavy atom. The van der Waals surface area contributed by atoms with Crippen molar-refractivity contribution in [1.29, 1.82) is 0 Å². The van der Waals surface area contributed by atoms with Crippen LogP contribution in [0.3, 0.4) is 0 Å². The highest BCUT2D eigenvalue weighted by Gasteiger charge is 2.19. The van der Waals surface area contributed by atoms with Gasteiger partial charge >= 0.3 is 5.97 Å². The number of carboxylic acids is 1. The van der Waals surface area contributed by atoms with Crippen LogP contribution in [0.25, 0.3) is 0 Å². The standard InChI is InChI=1S/C12H15ClN2O3/c1-8(2)6-15(7-11(16)17)12(18)9-3-4-10(13)14-5-9/h3-5,8H,6-7H2,1-2H3,(H,16,17). The van der Waals surface area contributed by atoms with E-state index in [0.717, 1.165) is 0 Å². The van der Waals surface area contributed by atoms with E-state index in [1.165, 1.54) is 23.2 Å². The second kappa shape index (κ2) is 6.35. The molecule has 0 unspecified atom stereocenters. The summed E-state index contributed by atoms with van der Waals surface area (Å²) >= 11 is 5.63. The zero-order chi connectivity index (χ0) is 13.7. The minimum atomic E-state index is -1.04. The van der Waals surface area contributed by atoms with Gasteiger partial charge in [-0.2, -0.15) is 0 Å². The van der Waals surface area contributed by atoms with E-state index in [2.05, 4.69) is 4.98 Å². The zero-order valence-electron chi connectivity index (χ0n) is 10.3. The Hall–Kier alpha value is -1.62. The number of rotatable bonds is 5. The fourth-order valence-electron chi connectivity index (χ4n) is 1.51. The fourth-order valence-corrected chi connectivity index (χ4v) is 1.62. The van der Waals surface area contributed by atoms with E-state index in [0.29, 0.717) is 17.3 Å². The van der Waals surface area contributed by atoms with Crippen LogP contribution in [0.2, 0.25) is 5.15 Å². The molecule has 1 rings (SSSR count). The number of carbonyl (C=O) groups is 2. The first kappa shape index (κ1) is 14.4. The first-order chi connectivity index (χ1) is 8.40. The number of nitrogens with zero attached hydrogens (tertiary/aromatic N) is 2. The van der Waals surface area contributed by atoms with Crippen molar-refractivity contribution in [3.05, 3.63) is 29.0 Å². The van der Waals surface area contributed by atoms with Crippen LogP contribution in [0.5, 0.6) is 0 Å². The maximum Gasteiger partial charge on any atom is 0.323 e. The predicted molar refractivity (Wildman–Crippen MR) is 67.6 cm³/mol. The first-order valence-electron chi connectivity index (χ1n) is 5.52. The van der Waals surface area contributed by atoms with Crippen LogP contribution in [0.1, 0.15) is 24.2 Å². The Balaban J connectivity index is 2.87. The fraction of sp³-hybridized carbons (Fsp3) is 0.417. The summed E-state index contributed by atoms with van der Waals surface area (Å²) in [5.41, 5.74) is 0.335. The Morgan fingerprint density at radius 1 is 1.44 bits per heavy atom. The molecule has 1 aromatic rings. The number of pyridine rings is 1. The van der Waals surface area contributed by atoms with Gasteiger partial charge in [0.25, 0.3) is 5.91 Å².